The van der Waals surface area contributed by atoms with Crippen LogP contribution in [0.4, 0.5) is 0 Å². The van der Waals surface area contributed by atoms with Gasteiger partial charge in [0.15, 0.2) is 0 Å². The molecule has 0 saturated heterocycles. The Balaban J connectivity index is 4.09. The first-order chi connectivity index (χ1) is 6.28. The zero-order valence-corrected chi connectivity index (χ0v) is 9.47. The van der Waals surface area contributed by atoms with Crippen molar-refractivity contribution >= 4 is 15.7 Å². The van der Waals surface area contributed by atoms with Gasteiger partial charge in [-0.2, -0.15) is 0 Å². The van der Waals surface area contributed by atoms with E-state index in [0.29, 0.717) is 6.54 Å². The Kier molecular flexibility index (Phi) is 5.03. The third-order valence-corrected chi connectivity index (χ3v) is 2.92. The fourth-order valence-corrected chi connectivity index (χ4v) is 1.44. The number of nitrogens with zero attached hydrogens (tertiary/aromatic N) is 1. The van der Waals surface area contributed by atoms with Crippen LogP contribution in [-0.4, -0.2) is 50.9 Å². The second-order valence-corrected chi connectivity index (χ2v) is 5.55. The standard InChI is InChI=1S/C7H17N3O3S/c1-6(7(11)9-8)10(2)4-5-14(3,12)13/h6H,4-5,8H2,1-3H3,(H,9,11). The summed E-state index contributed by atoms with van der Waals surface area (Å²) in [6, 6.07) is -0.429. The number of carbonyl (C=O) groups is 1. The van der Waals surface area contributed by atoms with Gasteiger partial charge in [0.25, 0.3) is 5.91 Å². The van der Waals surface area contributed by atoms with E-state index in [2.05, 4.69) is 0 Å². The van der Waals surface area contributed by atoms with E-state index in [1.165, 1.54) is 0 Å². The van der Waals surface area contributed by atoms with Crippen molar-refractivity contribution in [3.8, 4) is 0 Å². The highest BCUT2D eigenvalue weighted by Crippen LogP contribution is 1.96. The second-order valence-electron chi connectivity index (χ2n) is 3.30. The lowest BCUT2D eigenvalue weighted by Gasteiger charge is -2.22. The Hall–Kier alpha value is -0.660. The number of carbonyl (C=O) groups excluding carboxylic acids is 1. The van der Waals surface area contributed by atoms with Crippen LogP contribution in [0.25, 0.3) is 0 Å². The third kappa shape index (κ3) is 5.15. The van der Waals surface area contributed by atoms with Gasteiger partial charge < -0.3 is 0 Å². The van der Waals surface area contributed by atoms with Gasteiger partial charge in [-0.3, -0.25) is 15.1 Å². The zero-order chi connectivity index (χ0) is 11.4. The molecule has 1 atom stereocenters. The van der Waals surface area contributed by atoms with Crippen molar-refractivity contribution in [2.45, 2.75) is 13.0 Å². The minimum atomic E-state index is -2.99. The average Bonchev–Trinajstić information content (AvgIpc) is 2.10. The van der Waals surface area contributed by atoms with Crippen LogP contribution in [-0.2, 0) is 14.6 Å². The van der Waals surface area contributed by atoms with E-state index in [1.54, 1.807) is 18.9 Å². The molecule has 0 heterocycles. The number of rotatable bonds is 5. The monoisotopic (exact) mass is 223 g/mol. The van der Waals surface area contributed by atoms with Gasteiger partial charge in [-0.25, -0.2) is 14.3 Å². The maximum Gasteiger partial charge on any atom is 0.250 e. The van der Waals surface area contributed by atoms with E-state index >= 15 is 0 Å². The molecule has 0 fully saturated rings. The molecule has 0 aromatic heterocycles. The second kappa shape index (κ2) is 5.28. The SMILES string of the molecule is CC(C(=O)NN)N(C)CCS(C)(=O)=O. The molecule has 1 amide bonds. The number of hydrazine groups is 1. The van der Waals surface area contributed by atoms with E-state index in [0.717, 1.165) is 6.26 Å². The zero-order valence-electron chi connectivity index (χ0n) is 8.65. The minimum absolute atomic E-state index is 0.0334. The first-order valence-corrected chi connectivity index (χ1v) is 6.22. The van der Waals surface area contributed by atoms with Crippen LogP contribution < -0.4 is 11.3 Å². The molecule has 3 N–H and O–H groups in total. The lowest BCUT2D eigenvalue weighted by Crippen LogP contribution is -2.47. The molecule has 14 heavy (non-hydrogen) atoms. The van der Waals surface area contributed by atoms with Crippen molar-refractivity contribution in [2.24, 2.45) is 5.84 Å². The Bertz CT molecular complexity index is 289. The first kappa shape index (κ1) is 13.3. The fraction of sp³-hybridized carbons (Fsp3) is 0.857. The molecule has 6 nitrogen and oxygen atoms in total. The summed E-state index contributed by atoms with van der Waals surface area (Å²) < 4.78 is 21.7. The molecule has 0 aliphatic heterocycles. The fourth-order valence-electron chi connectivity index (χ4n) is 0.824. The normalized spacial score (nSPS) is 14.1. The van der Waals surface area contributed by atoms with E-state index in [4.69, 9.17) is 5.84 Å². The number of nitrogens with one attached hydrogen (secondary N) is 1. The summed E-state index contributed by atoms with van der Waals surface area (Å²) in [5.41, 5.74) is 2.01. The summed E-state index contributed by atoms with van der Waals surface area (Å²) in [6.07, 6.45) is 1.16. The molecule has 0 aliphatic rings. The van der Waals surface area contributed by atoms with Crippen LogP contribution in [0.3, 0.4) is 0 Å². The largest absolute Gasteiger partial charge is 0.294 e. The molecule has 0 aromatic carbocycles. The molecule has 0 saturated carbocycles. The third-order valence-electron chi connectivity index (χ3n) is 2.00. The summed E-state index contributed by atoms with van der Waals surface area (Å²) in [5, 5.41) is 0. The number of amides is 1. The summed E-state index contributed by atoms with van der Waals surface area (Å²) in [4.78, 5) is 12.7. The Labute approximate surface area is 84.3 Å². The predicted octanol–water partition coefficient (Wildman–Crippen LogP) is -1.66. The van der Waals surface area contributed by atoms with Crippen molar-refractivity contribution in [3.63, 3.8) is 0 Å². The molecule has 0 aromatic rings. The van der Waals surface area contributed by atoms with Crippen molar-refractivity contribution in [1.29, 1.82) is 0 Å². The maximum absolute atomic E-state index is 11.1. The Morgan fingerprint density at radius 2 is 2.07 bits per heavy atom. The van der Waals surface area contributed by atoms with Gasteiger partial charge in [0.1, 0.15) is 9.84 Å². The predicted molar refractivity (Wildman–Crippen MR) is 54.1 cm³/mol. The number of likely N-dealkylation sites (N-methyl/N-ethyl adjacent to an activating group) is 1. The van der Waals surface area contributed by atoms with Gasteiger partial charge in [0.05, 0.1) is 11.8 Å². The van der Waals surface area contributed by atoms with Crippen LogP contribution in [0.1, 0.15) is 6.92 Å². The molecule has 0 bridgehead atoms. The highest BCUT2D eigenvalue weighted by atomic mass is 32.2. The van der Waals surface area contributed by atoms with Crippen molar-refractivity contribution in [1.82, 2.24) is 10.3 Å². The summed E-state index contributed by atoms with van der Waals surface area (Å²) in [6.45, 7) is 1.97. The first-order valence-electron chi connectivity index (χ1n) is 4.16. The molecule has 0 spiro atoms. The van der Waals surface area contributed by atoms with Crippen LogP contribution in [0.15, 0.2) is 0 Å². The smallest absolute Gasteiger partial charge is 0.250 e. The number of nitrogens with two attached hydrogens (primary N) is 1. The molecule has 0 radical (unpaired) electrons. The van der Waals surface area contributed by atoms with Gasteiger partial charge in [-0.15, -0.1) is 0 Å². The molecular formula is C7H17N3O3S. The lowest BCUT2D eigenvalue weighted by atomic mass is 10.3. The molecule has 84 valence electrons. The van der Waals surface area contributed by atoms with Gasteiger partial charge in [-0.05, 0) is 14.0 Å². The van der Waals surface area contributed by atoms with E-state index < -0.39 is 15.9 Å². The van der Waals surface area contributed by atoms with E-state index in [1.807, 2.05) is 5.43 Å². The van der Waals surface area contributed by atoms with Crippen molar-refractivity contribution in [2.75, 3.05) is 25.6 Å². The Morgan fingerprint density at radius 3 is 2.43 bits per heavy atom. The van der Waals surface area contributed by atoms with Crippen LogP contribution in [0.2, 0.25) is 0 Å². The van der Waals surface area contributed by atoms with Crippen molar-refractivity contribution in [3.05, 3.63) is 0 Å². The van der Waals surface area contributed by atoms with Gasteiger partial charge in [0, 0.05) is 12.8 Å². The topological polar surface area (TPSA) is 92.5 Å². The summed E-state index contributed by atoms with van der Waals surface area (Å²) in [5.74, 6) is 4.65. The van der Waals surface area contributed by atoms with Crippen LogP contribution in [0.5, 0.6) is 0 Å². The van der Waals surface area contributed by atoms with Gasteiger partial charge >= 0.3 is 0 Å². The molecule has 0 aliphatic carbocycles. The molecule has 1 unspecified atom stereocenters. The van der Waals surface area contributed by atoms with Crippen LogP contribution >= 0.6 is 0 Å². The summed E-state index contributed by atoms with van der Waals surface area (Å²) >= 11 is 0. The quantitative estimate of drug-likeness (QED) is 0.331. The minimum Gasteiger partial charge on any atom is -0.294 e. The highest BCUT2D eigenvalue weighted by molar-refractivity contribution is 7.90. The van der Waals surface area contributed by atoms with E-state index in [-0.39, 0.29) is 11.7 Å². The summed E-state index contributed by atoms with van der Waals surface area (Å²) in [7, 11) is -1.32. The number of sulfone groups is 1. The molecular weight excluding hydrogens is 206 g/mol. The lowest BCUT2D eigenvalue weighted by molar-refractivity contribution is -0.125. The van der Waals surface area contributed by atoms with Crippen molar-refractivity contribution < 1.29 is 13.2 Å². The number of hydrogen-bond acceptors (Lipinski definition) is 5. The number of hydrogen-bond donors (Lipinski definition) is 2. The molecule has 7 heteroatoms. The highest BCUT2D eigenvalue weighted by Gasteiger charge is 2.17. The Morgan fingerprint density at radius 1 is 1.57 bits per heavy atom. The van der Waals surface area contributed by atoms with E-state index in [9.17, 15) is 13.2 Å². The van der Waals surface area contributed by atoms with Gasteiger partial charge in [-0.1, -0.05) is 0 Å². The molecule has 0 rings (SSSR count). The maximum atomic E-state index is 11.1. The van der Waals surface area contributed by atoms with Gasteiger partial charge in [0.2, 0.25) is 0 Å². The van der Waals surface area contributed by atoms with Crippen LogP contribution in [0, 0.1) is 0 Å². The average molecular weight is 223 g/mol.